The average Bonchev–Trinajstić information content (AvgIpc) is 2.89. The number of aromatic nitrogens is 2. The summed E-state index contributed by atoms with van der Waals surface area (Å²) in [5.74, 6) is -1.08. The third-order valence-electron chi connectivity index (χ3n) is 2.84. The maximum Gasteiger partial charge on any atom is 0.340 e. The molecule has 0 spiro atoms. The van der Waals surface area contributed by atoms with Gasteiger partial charge in [-0.3, -0.25) is 4.68 Å². The molecule has 0 aliphatic carbocycles. The third kappa shape index (κ3) is 3.13. The molecule has 112 valence electrons. The predicted molar refractivity (Wildman–Crippen MR) is 74.8 cm³/mol. The van der Waals surface area contributed by atoms with Gasteiger partial charge in [0.05, 0.1) is 25.1 Å². The molecule has 1 aromatic heterocycles. The lowest BCUT2D eigenvalue weighted by Gasteiger charge is -2.09. The summed E-state index contributed by atoms with van der Waals surface area (Å²) < 4.78 is 25.5. The molecule has 1 aromatic carbocycles. The van der Waals surface area contributed by atoms with E-state index in [9.17, 15) is 9.18 Å². The Bertz CT molecular complexity index is 667. The van der Waals surface area contributed by atoms with Crippen molar-refractivity contribution in [3.05, 3.63) is 35.9 Å². The quantitative estimate of drug-likeness (QED) is 0.692. The fraction of sp³-hybridized carbons (Fsp3) is 0.286. The minimum absolute atomic E-state index is 0.00965. The molecule has 2 N–H and O–H groups in total. The molecule has 2 rings (SSSR count). The Morgan fingerprint density at radius 2 is 2.14 bits per heavy atom. The second-order valence-corrected chi connectivity index (χ2v) is 4.71. The number of nitrogen functional groups attached to an aromatic ring is 1. The molecule has 2 aromatic rings. The molecule has 7 heteroatoms. The van der Waals surface area contributed by atoms with E-state index in [1.807, 2.05) is 13.8 Å². The fourth-order valence-electron chi connectivity index (χ4n) is 1.72. The van der Waals surface area contributed by atoms with E-state index in [0.717, 1.165) is 6.07 Å². The highest BCUT2D eigenvalue weighted by Crippen LogP contribution is 2.29. The molecular formula is C14H16FN3O3. The predicted octanol–water partition coefficient (Wildman–Crippen LogP) is 2.76. The van der Waals surface area contributed by atoms with Crippen LogP contribution in [0.15, 0.2) is 24.5 Å². The van der Waals surface area contributed by atoms with Gasteiger partial charge in [-0.25, -0.2) is 9.18 Å². The van der Waals surface area contributed by atoms with E-state index in [2.05, 4.69) is 9.84 Å². The van der Waals surface area contributed by atoms with Gasteiger partial charge in [0.1, 0.15) is 0 Å². The smallest absolute Gasteiger partial charge is 0.340 e. The Labute approximate surface area is 121 Å². The fourth-order valence-corrected chi connectivity index (χ4v) is 1.72. The normalized spacial score (nSPS) is 10.7. The van der Waals surface area contributed by atoms with Crippen molar-refractivity contribution in [1.82, 2.24) is 9.78 Å². The van der Waals surface area contributed by atoms with E-state index in [0.29, 0.717) is 5.75 Å². The number of hydrogen-bond acceptors (Lipinski definition) is 5. The lowest BCUT2D eigenvalue weighted by molar-refractivity contribution is 0.0601. The number of halogens is 1. The van der Waals surface area contributed by atoms with Crippen LogP contribution in [0.25, 0.3) is 0 Å². The number of rotatable bonds is 4. The summed E-state index contributed by atoms with van der Waals surface area (Å²) in [5.41, 5.74) is 5.63. The van der Waals surface area contributed by atoms with Crippen LogP contribution in [0.2, 0.25) is 0 Å². The molecule has 0 radical (unpaired) electrons. The molecule has 0 aliphatic rings. The van der Waals surface area contributed by atoms with Crippen LogP contribution in [-0.4, -0.2) is 22.9 Å². The summed E-state index contributed by atoms with van der Waals surface area (Å²) in [7, 11) is 1.22. The monoisotopic (exact) mass is 293 g/mol. The van der Waals surface area contributed by atoms with Gasteiger partial charge >= 0.3 is 5.97 Å². The molecule has 0 saturated heterocycles. The van der Waals surface area contributed by atoms with E-state index in [1.54, 1.807) is 10.9 Å². The second kappa shape index (κ2) is 5.82. The van der Waals surface area contributed by atoms with Gasteiger partial charge in [0.15, 0.2) is 17.3 Å². The van der Waals surface area contributed by atoms with Crippen LogP contribution in [0, 0.1) is 5.82 Å². The number of ether oxygens (including phenoxy) is 2. The van der Waals surface area contributed by atoms with Crippen molar-refractivity contribution in [2.75, 3.05) is 12.8 Å². The SMILES string of the molecule is COC(=O)c1cc(Oc2cnn(C(C)C)c2)c(F)cc1N. The van der Waals surface area contributed by atoms with Crippen LogP contribution in [0.3, 0.4) is 0 Å². The number of hydrogen-bond donors (Lipinski definition) is 1. The van der Waals surface area contributed by atoms with Crippen molar-refractivity contribution in [3.8, 4) is 11.5 Å². The molecule has 0 fully saturated rings. The lowest BCUT2D eigenvalue weighted by Crippen LogP contribution is -2.06. The standard InChI is InChI=1S/C14H16FN3O3/c1-8(2)18-7-9(6-17-18)21-13-4-10(14(19)20-3)12(16)5-11(13)15/h4-8H,16H2,1-3H3. The molecule has 0 amide bonds. The van der Waals surface area contributed by atoms with E-state index in [4.69, 9.17) is 10.5 Å². The van der Waals surface area contributed by atoms with Crippen molar-refractivity contribution in [2.45, 2.75) is 19.9 Å². The van der Waals surface area contributed by atoms with Gasteiger partial charge in [-0.05, 0) is 13.8 Å². The lowest BCUT2D eigenvalue weighted by atomic mass is 10.1. The number of esters is 1. The van der Waals surface area contributed by atoms with Crippen molar-refractivity contribution in [2.24, 2.45) is 0 Å². The van der Waals surface area contributed by atoms with E-state index < -0.39 is 11.8 Å². The number of nitrogens with zero attached hydrogens (tertiary/aromatic N) is 2. The molecule has 0 atom stereocenters. The summed E-state index contributed by atoms with van der Waals surface area (Å²) in [6, 6.07) is 2.39. The first-order chi connectivity index (χ1) is 9.92. The van der Waals surface area contributed by atoms with Gasteiger partial charge in [0, 0.05) is 23.9 Å². The topological polar surface area (TPSA) is 79.4 Å². The van der Waals surface area contributed by atoms with Crippen molar-refractivity contribution in [3.63, 3.8) is 0 Å². The highest BCUT2D eigenvalue weighted by atomic mass is 19.1. The summed E-state index contributed by atoms with van der Waals surface area (Å²) in [6.45, 7) is 3.91. The maximum absolute atomic E-state index is 13.9. The van der Waals surface area contributed by atoms with Gasteiger partial charge in [-0.15, -0.1) is 0 Å². The van der Waals surface area contributed by atoms with Crippen molar-refractivity contribution in [1.29, 1.82) is 0 Å². The number of carbonyl (C=O) groups excluding carboxylic acids is 1. The zero-order chi connectivity index (χ0) is 15.6. The van der Waals surface area contributed by atoms with E-state index in [-0.39, 0.29) is 23.0 Å². The summed E-state index contributed by atoms with van der Waals surface area (Å²) in [6.07, 6.45) is 3.10. The Balaban J connectivity index is 2.32. The number of benzene rings is 1. The van der Waals surface area contributed by atoms with Crippen LogP contribution >= 0.6 is 0 Å². The van der Waals surface area contributed by atoms with Crippen LogP contribution in [-0.2, 0) is 4.74 Å². The number of nitrogens with two attached hydrogens (primary N) is 1. The highest BCUT2D eigenvalue weighted by molar-refractivity contribution is 5.95. The Hall–Kier alpha value is -2.57. The molecule has 0 unspecified atom stereocenters. The van der Waals surface area contributed by atoms with E-state index in [1.165, 1.54) is 19.4 Å². The molecule has 21 heavy (non-hydrogen) atoms. The Kier molecular flexibility index (Phi) is 4.11. The van der Waals surface area contributed by atoms with Crippen LogP contribution in [0.1, 0.15) is 30.2 Å². The van der Waals surface area contributed by atoms with Gasteiger partial charge in [0.2, 0.25) is 0 Å². The highest BCUT2D eigenvalue weighted by Gasteiger charge is 2.16. The number of methoxy groups -OCH3 is 1. The summed E-state index contributed by atoms with van der Waals surface area (Å²) >= 11 is 0. The maximum atomic E-state index is 13.9. The first-order valence-electron chi connectivity index (χ1n) is 6.31. The Morgan fingerprint density at radius 1 is 1.43 bits per heavy atom. The molecule has 0 aliphatic heterocycles. The van der Waals surface area contributed by atoms with Gasteiger partial charge in [0.25, 0.3) is 0 Å². The first-order valence-corrected chi connectivity index (χ1v) is 6.31. The minimum Gasteiger partial charge on any atom is -0.465 e. The molecule has 6 nitrogen and oxygen atoms in total. The number of anilines is 1. The second-order valence-electron chi connectivity index (χ2n) is 4.71. The third-order valence-corrected chi connectivity index (χ3v) is 2.84. The molecule has 0 bridgehead atoms. The van der Waals surface area contributed by atoms with E-state index >= 15 is 0 Å². The molecule has 0 saturated carbocycles. The Morgan fingerprint density at radius 3 is 2.71 bits per heavy atom. The molecular weight excluding hydrogens is 277 g/mol. The van der Waals surface area contributed by atoms with Crippen LogP contribution < -0.4 is 10.5 Å². The first kappa shape index (κ1) is 14.8. The number of carbonyl (C=O) groups is 1. The minimum atomic E-state index is -0.669. The summed E-state index contributed by atoms with van der Waals surface area (Å²) in [5, 5.41) is 4.09. The molecule has 1 heterocycles. The van der Waals surface area contributed by atoms with Crippen molar-refractivity contribution < 1.29 is 18.7 Å². The van der Waals surface area contributed by atoms with Crippen molar-refractivity contribution >= 4 is 11.7 Å². The zero-order valence-electron chi connectivity index (χ0n) is 12.0. The summed E-state index contributed by atoms with van der Waals surface area (Å²) in [4.78, 5) is 11.5. The van der Waals surface area contributed by atoms with Gasteiger partial charge < -0.3 is 15.2 Å². The average molecular weight is 293 g/mol. The van der Waals surface area contributed by atoms with Crippen LogP contribution in [0.4, 0.5) is 10.1 Å². The van der Waals surface area contributed by atoms with Crippen LogP contribution in [0.5, 0.6) is 11.5 Å². The van der Waals surface area contributed by atoms with Gasteiger partial charge in [-0.2, -0.15) is 5.10 Å². The van der Waals surface area contributed by atoms with Gasteiger partial charge in [-0.1, -0.05) is 0 Å². The zero-order valence-corrected chi connectivity index (χ0v) is 12.0. The largest absolute Gasteiger partial charge is 0.465 e.